The van der Waals surface area contributed by atoms with E-state index in [2.05, 4.69) is 4.90 Å². The van der Waals surface area contributed by atoms with E-state index in [1.54, 1.807) is 38.3 Å². The number of likely N-dealkylation sites (tertiary alicyclic amines) is 1. The summed E-state index contributed by atoms with van der Waals surface area (Å²) in [4.78, 5) is 15.4. The maximum absolute atomic E-state index is 13.3. The number of carbonyl (C=O) groups excluding carboxylic acids is 1. The molecule has 1 aliphatic carbocycles. The summed E-state index contributed by atoms with van der Waals surface area (Å²) in [6.45, 7) is 2.73. The van der Waals surface area contributed by atoms with Crippen molar-refractivity contribution in [1.82, 2.24) is 4.90 Å². The predicted octanol–water partition coefficient (Wildman–Crippen LogP) is 3.98. The fraction of sp³-hybridized carbons (Fsp3) is 0.696. The van der Waals surface area contributed by atoms with Gasteiger partial charge in [-0.2, -0.15) is 0 Å². The Hall–Kier alpha value is -1.60. The van der Waals surface area contributed by atoms with E-state index < -0.39 is 21.1 Å². The van der Waals surface area contributed by atoms with Crippen LogP contribution in [0.2, 0.25) is 0 Å². The van der Waals surface area contributed by atoms with E-state index in [1.807, 2.05) is 0 Å². The van der Waals surface area contributed by atoms with Crippen LogP contribution < -0.4 is 4.74 Å². The van der Waals surface area contributed by atoms with Crippen LogP contribution in [0.1, 0.15) is 64.7 Å². The van der Waals surface area contributed by atoms with E-state index in [-0.39, 0.29) is 10.9 Å². The Kier molecular flexibility index (Phi) is 8.17. The van der Waals surface area contributed by atoms with E-state index >= 15 is 0 Å². The molecule has 2 aliphatic rings. The number of sulfone groups is 1. The topological polar surface area (TPSA) is 72.9 Å². The van der Waals surface area contributed by atoms with Crippen molar-refractivity contribution in [1.29, 1.82) is 0 Å². The second-order valence-corrected chi connectivity index (χ2v) is 10.6. The highest BCUT2D eigenvalue weighted by Gasteiger charge is 2.42. The van der Waals surface area contributed by atoms with E-state index in [0.717, 1.165) is 12.8 Å². The molecule has 0 amide bonds. The fourth-order valence-electron chi connectivity index (χ4n) is 4.86. The molecule has 1 aromatic carbocycles. The average Bonchev–Trinajstić information content (AvgIpc) is 2.73. The van der Waals surface area contributed by atoms with Crippen LogP contribution in [-0.2, 0) is 19.4 Å². The van der Waals surface area contributed by atoms with Gasteiger partial charge in [-0.1, -0.05) is 32.1 Å². The summed E-state index contributed by atoms with van der Waals surface area (Å²) in [6.07, 6.45) is 9.10. The van der Waals surface area contributed by atoms with Crippen LogP contribution in [0.15, 0.2) is 29.2 Å². The molecule has 0 spiro atoms. The molecule has 0 N–H and O–H groups in total. The first-order valence-electron chi connectivity index (χ1n) is 11.3. The lowest BCUT2D eigenvalue weighted by Crippen LogP contribution is -2.54. The first-order valence-corrected chi connectivity index (χ1v) is 12.8. The van der Waals surface area contributed by atoms with Crippen LogP contribution in [0.4, 0.5) is 0 Å². The minimum atomic E-state index is -3.53. The van der Waals surface area contributed by atoms with Crippen molar-refractivity contribution in [2.75, 3.05) is 20.3 Å². The molecule has 2 fully saturated rings. The molecule has 30 heavy (non-hydrogen) atoms. The van der Waals surface area contributed by atoms with Crippen LogP contribution in [0.25, 0.3) is 0 Å². The summed E-state index contributed by atoms with van der Waals surface area (Å²) >= 11 is 0. The van der Waals surface area contributed by atoms with E-state index in [1.165, 1.54) is 32.1 Å². The molecule has 6 nitrogen and oxygen atoms in total. The average molecular weight is 438 g/mol. The lowest BCUT2D eigenvalue weighted by molar-refractivity contribution is -0.152. The number of nitrogens with zero attached hydrogens (tertiary/aromatic N) is 1. The molecule has 0 bridgehead atoms. The maximum atomic E-state index is 13.3. The predicted molar refractivity (Wildman–Crippen MR) is 116 cm³/mol. The van der Waals surface area contributed by atoms with Gasteiger partial charge in [0.2, 0.25) is 0 Å². The Morgan fingerprint density at radius 2 is 1.67 bits per heavy atom. The molecule has 1 saturated heterocycles. The first-order chi connectivity index (χ1) is 14.5. The molecule has 2 atom stereocenters. The quantitative estimate of drug-likeness (QED) is 0.627. The second kappa shape index (κ2) is 10.6. The highest BCUT2D eigenvalue weighted by atomic mass is 32.2. The number of ether oxygens (including phenoxy) is 2. The molecule has 168 valence electrons. The summed E-state index contributed by atoms with van der Waals surface area (Å²) in [6, 6.07) is 6.37. The third-order valence-electron chi connectivity index (χ3n) is 6.52. The van der Waals surface area contributed by atoms with E-state index in [4.69, 9.17) is 9.47 Å². The third kappa shape index (κ3) is 5.35. The van der Waals surface area contributed by atoms with Gasteiger partial charge in [-0.25, -0.2) is 8.42 Å². The molecule has 1 aliphatic heterocycles. The van der Waals surface area contributed by atoms with Gasteiger partial charge in [0, 0.05) is 12.6 Å². The van der Waals surface area contributed by atoms with Crippen molar-refractivity contribution in [3.8, 4) is 5.75 Å². The monoisotopic (exact) mass is 437 g/mol. The highest BCUT2D eigenvalue weighted by molar-refractivity contribution is 7.92. The molecular weight excluding hydrogens is 402 g/mol. The molecular formula is C23H35NO5S. The summed E-state index contributed by atoms with van der Waals surface area (Å²) in [5.74, 6) is 0.339. The van der Waals surface area contributed by atoms with Crippen LogP contribution in [-0.4, -0.2) is 56.9 Å². The fourth-order valence-corrected chi connectivity index (χ4v) is 6.62. The minimum absolute atomic E-state index is 0.283. The van der Waals surface area contributed by atoms with Crippen LogP contribution in [0.3, 0.4) is 0 Å². The summed E-state index contributed by atoms with van der Waals surface area (Å²) < 4.78 is 37.1. The number of methoxy groups -OCH3 is 1. The molecule has 2 unspecified atom stereocenters. The minimum Gasteiger partial charge on any atom is -0.497 e. The number of benzene rings is 1. The lowest BCUT2D eigenvalue weighted by atomic mass is 9.91. The Morgan fingerprint density at radius 3 is 2.27 bits per heavy atom. The van der Waals surface area contributed by atoms with E-state index in [0.29, 0.717) is 37.8 Å². The van der Waals surface area contributed by atoms with Gasteiger partial charge in [0.15, 0.2) is 9.84 Å². The van der Waals surface area contributed by atoms with Crippen molar-refractivity contribution in [2.24, 2.45) is 0 Å². The second-order valence-electron chi connectivity index (χ2n) is 8.37. The summed E-state index contributed by atoms with van der Waals surface area (Å²) in [7, 11) is -1.97. The van der Waals surface area contributed by atoms with Crippen LogP contribution >= 0.6 is 0 Å². The van der Waals surface area contributed by atoms with Crippen molar-refractivity contribution in [2.45, 2.75) is 86.9 Å². The highest BCUT2D eigenvalue weighted by Crippen LogP contribution is 2.33. The normalized spacial score (nSPS) is 24.6. The number of hydrogen-bond donors (Lipinski definition) is 0. The Morgan fingerprint density at radius 1 is 1.03 bits per heavy atom. The lowest BCUT2D eigenvalue weighted by Gasteiger charge is -2.43. The van der Waals surface area contributed by atoms with Crippen molar-refractivity contribution in [3.05, 3.63) is 24.3 Å². The number of carbonyl (C=O) groups is 1. The first kappa shape index (κ1) is 23.1. The molecule has 0 radical (unpaired) electrons. The van der Waals surface area contributed by atoms with Crippen LogP contribution in [0, 0.1) is 0 Å². The standard InChI is InChI=1S/C23H35NO5S/c1-3-29-23(25)22-17-21(30(26,27)20-13-11-19(28-2)12-14-20)15-16-24(22)18-9-7-5-4-6-8-10-18/h11-14,18,21-22H,3-10,15-17H2,1-2H3. The van der Waals surface area contributed by atoms with Gasteiger partial charge in [-0.05, 0) is 56.9 Å². The van der Waals surface area contributed by atoms with Gasteiger partial charge in [0.1, 0.15) is 11.8 Å². The molecule has 1 saturated carbocycles. The molecule has 0 aromatic heterocycles. The Balaban J connectivity index is 1.80. The third-order valence-corrected chi connectivity index (χ3v) is 8.76. The molecule has 3 rings (SSSR count). The smallest absolute Gasteiger partial charge is 0.323 e. The summed E-state index contributed by atoms with van der Waals surface area (Å²) in [5, 5.41) is -0.579. The summed E-state index contributed by atoms with van der Waals surface area (Å²) in [5.41, 5.74) is 0. The zero-order chi connectivity index (χ0) is 21.6. The Bertz CT molecular complexity index is 784. The Labute approximate surface area is 180 Å². The number of esters is 1. The SMILES string of the molecule is CCOC(=O)C1CC(S(=O)(=O)c2ccc(OC)cc2)CCN1C1CCCCCCC1. The van der Waals surface area contributed by atoms with Gasteiger partial charge in [-0.15, -0.1) is 0 Å². The number of piperidine rings is 1. The van der Waals surface area contributed by atoms with Gasteiger partial charge in [0.05, 0.1) is 23.9 Å². The zero-order valence-corrected chi connectivity index (χ0v) is 19.0. The van der Waals surface area contributed by atoms with Gasteiger partial charge >= 0.3 is 5.97 Å². The number of hydrogen-bond acceptors (Lipinski definition) is 6. The molecule has 1 aromatic rings. The van der Waals surface area contributed by atoms with Gasteiger partial charge in [-0.3, -0.25) is 9.69 Å². The maximum Gasteiger partial charge on any atom is 0.323 e. The zero-order valence-electron chi connectivity index (χ0n) is 18.2. The molecule has 7 heteroatoms. The van der Waals surface area contributed by atoms with Gasteiger partial charge < -0.3 is 9.47 Å². The molecule has 1 heterocycles. The van der Waals surface area contributed by atoms with Gasteiger partial charge in [0.25, 0.3) is 0 Å². The van der Waals surface area contributed by atoms with E-state index in [9.17, 15) is 13.2 Å². The van der Waals surface area contributed by atoms with Crippen molar-refractivity contribution >= 4 is 15.8 Å². The number of rotatable bonds is 6. The van der Waals surface area contributed by atoms with Crippen molar-refractivity contribution in [3.63, 3.8) is 0 Å². The largest absolute Gasteiger partial charge is 0.497 e. The van der Waals surface area contributed by atoms with Crippen molar-refractivity contribution < 1.29 is 22.7 Å². The van der Waals surface area contributed by atoms with Crippen LogP contribution in [0.5, 0.6) is 5.75 Å².